The monoisotopic (exact) mass is 423 g/mol. The van der Waals surface area contributed by atoms with Crippen molar-refractivity contribution in [3.8, 4) is 11.3 Å². The third kappa shape index (κ3) is 4.89. The summed E-state index contributed by atoms with van der Waals surface area (Å²) in [6.45, 7) is 8.40. The van der Waals surface area contributed by atoms with E-state index in [0.717, 1.165) is 30.1 Å². The number of hydrogen-bond acceptors (Lipinski definition) is 5. The normalized spacial score (nSPS) is 17.3. The van der Waals surface area contributed by atoms with Crippen LogP contribution in [0.4, 0.5) is 4.79 Å². The number of nitrogens with zero attached hydrogens (tertiary/aromatic N) is 5. The number of ether oxygens (including phenoxy) is 1. The standard InChI is InChI=1S/C18H26ClN5O3Si/c1-28(2,3)8-7-27-12-24-15(13-9-21-17(19)22-10-13)11-20-16(24)14-5-4-6-23(14)18(25)26/h9-11,14H,4-8,12H2,1-3H3,(H,25,26). The summed E-state index contributed by atoms with van der Waals surface area (Å²) in [5.41, 5.74) is 1.55. The van der Waals surface area contributed by atoms with Gasteiger partial charge in [0.2, 0.25) is 5.28 Å². The molecule has 1 fully saturated rings. The first-order valence-corrected chi connectivity index (χ1v) is 13.5. The van der Waals surface area contributed by atoms with Crippen molar-refractivity contribution in [1.82, 2.24) is 24.4 Å². The number of imidazole rings is 1. The molecule has 2 aromatic heterocycles. The molecule has 1 unspecified atom stereocenters. The summed E-state index contributed by atoms with van der Waals surface area (Å²) < 4.78 is 7.89. The highest BCUT2D eigenvalue weighted by Crippen LogP contribution is 2.33. The average molecular weight is 424 g/mol. The van der Waals surface area contributed by atoms with Crippen LogP contribution >= 0.6 is 11.6 Å². The van der Waals surface area contributed by atoms with E-state index in [1.54, 1.807) is 18.6 Å². The van der Waals surface area contributed by atoms with E-state index in [-0.39, 0.29) is 11.3 Å². The van der Waals surface area contributed by atoms with Gasteiger partial charge in [0.25, 0.3) is 0 Å². The number of carbonyl (C=O) groups is 1. The highest BCUT2D eigenvalue weighted by atomic mass is 35.5. The largest absolute Gasteiger partial charge is 0.465 e. The molecule has 0 radical (unpaired) electrons. The zero-order valence-corrected chi connectivity index (χ0v) is 18.2. The molecule has 152 valence electrons. The zero-order chi connectivity index (χ0) is 20.3. The van der Waals surface area contributed by atoms with Crippen molar-refractivity contribution in [3.05, 3.63) is 29.7 Å². The maximum atomic E-state index is 11.6. The van der Waals surface area contributed by atoms with Gasteiger partial charge in [-0.2, -0.15) is 0 Å². The van der Waals surface area contributed by atoms with Crippen molar-refractivity contribution in [2.75, 3.05) is 13.2 Å². The first-order valence-electron chi connectivity index (χ1n) is 9.37. The molecule has 1 saturated heterocycles. The van der Waals surface area contributed by atoms with Gasteiger partial charge < -0.3 is 14.4 Å². The van der Waals surface area contributed by atoms with Crippen LogP contribution in [-0.2, 0) is 11.5 Å². The van der Waals surface area contributed by atoms with Crippen LogP contribution in [0.3, 0.4) is 0 Å². The molecule has 3 rings (SSSR count). The molecule has 0 aliphatic carbocycles. The van der Waals surface area contributed by atoms with Gasteiger partial charge in [0.05, 0.1) is 17.9 Å². The van der Waals surface area contributed by atoms with Crippen LogP contribution in [0.1, 0.15) is 24.7 Å². The van der Waals surface area contributed by atoms with Gasteiger partial charge >= 0.3 is 6.09 Å². The van der Waals surface area contributed by atoms with Crippen LogP contribution in [0.2, 0.25) is 31.0 Å². The van der Waals surface area contributed by atoms with Crippen LogP contribution in [0, 0.1) is 0 Å². The molecule has 1 N–H and O–H groups in total. The van der Waals surface area contributed by atoms with E-state index >= 15 is 0 Å². The first-order chi connectivity index (χ1) is 13.3. The molecule has 1 atom stereocenters. The van der Waals surface area contributed by atoms with E-state index in [1.165, 1.54) is 4.90 Å². The summed E-state index contributed by atoms with van der Waals surface area (Å²) in [4.78, 5) is 25.7. The van der Waals surface area contributed by atoms with Crippen LogP contribution in [0.25, 0.3) is 11.3 Å². The molecule has 0 saturated carbocycles. The molecule has 1 amide bonds. The average Bonchev–Trinajstić information content (AvgIpc) is 3.25. The van der Waals surface area contributed by atoms with E-state index in [0.29, 0.717) is 25.7 Å². The maximum absolute atomic E-state index is 11.6. The molecule has 1 aliphatic rings. The second kappa shape index (κ2) is 8.58. The zero-order valence-electron chi connectivity index (χ0n) is 16.4. The van der Waals surface area contributed by atoms with E-state index in [9.17, 15) is 9.90 Å². The van der Waals surface area contributed by atoms with Gasteiger partial charge in [0.1, 0.15) is 12.6 Å². The van der Waals surface area contributed by atoms with E-state index in [4.69, 9.17) is 16.3 Å². The third-order valence-corrected chi connectivity index (χ3v) is 6.72. The number of hydrogen-bond donors (Lipinski definition) is 1. The molecule has 10 heteroatoms. The number of amides is 1. The number of halogens is 1. The second-order valence-corrected chi connectivity index (χ2v) is 14.1. The van der Waals surface area contributed by atoms with E-state index in [2.05, 4.69) is 34.6 Å². The van der Waals surface area contributed by atoms with Gasteiger partial charge in [-0.25, -0.2) is 19.7 Å². The molecular weight excluding hydrogens is 398 g/mol. The van der Waals surface area contributed by atoms with Gasteiger partial charge in [0.15, 0.2) is 0 Å². The van der Waals surface area contributed by atoms with Crippen LogP contribution < -0.4 is 0 Å². The summed E-state index contributed by atoms with van der Waals surface area (Å²) >= 11 is 5.81. The summed E-state index contributed by atoms with van der Waals surface area (Å²) in [5.74, 6) is 0.692. The van der Waals surface area contributed by atoms with Crippen molar-refractivity contribution in [3.63, 3.8) is 0 Å². The summed E-state index contributed by atoms with van der Waals surface area (Å²) in [6.07, 6.45) is 5.64. The van der Waals surface area contributed by atoms with Gasteiger partial charge in [-0.1, -0.05) is 19.6 Å². The first kappa shape index (κ1) is 20.8. The number of rotatable bonds is 7. The molecule has 0 spiro atoms. The highest BCUT2D eigenvalue weighted by Gasteiger charge is 2.33. The van der Waals surface area contributed by atoms with Crippen molar-refractivity contribution in [1.29, 1.82) is 0 Å². The Kier molecular flexibility index (Phi) is 6.36. The maximum Gasteiger partial charge on any atom is 0.407 e. The fourth-order valence-corrected chi connectivity index (χ4v) is 4.12. The van der Waals surface area contributed by atoms with Gasteiger partial charge in [-0.3, -0.25) is 4.90 Å². The summed E-state index contributed by atoms with van der Waals surface area (Å²) in [7, 11) is -1.20. The van der Waals surface area contributed by atoms with Gasteiger partial charge in [0, 0.05) is 39.2 Å². The van der Waals surface area contributed by atoms with Crippen molar-refractivity contribution in [2.24, 2.45) is 0 Å². The minimum absolute atomic E-state index is 0.175. The molecule has 0 bridgehead atoms. The Bertz CT molecular complexity index is 822. The Hall–Kier alpha value is -1.97. The van der Waals surface area contributed by atoms with Crippen molar-refractivity contribution in [2.45, 2.75) is 51.3 Å². The Morgan fingerprint density at radius 3 is 2.64 bits per heavy atom. The van der Waals surface area contributed by atoms with Crippen LogP contribution in [-0.4, -0.2) is 56.8 Å². The summed E-state index contributed by atoms with van der Waals surface area (Å²) in [6, 6.07) is 0.779. The smallest absolute Gasteiger partial charge is 0.407 e. The fourth-order valence-electron chi connectivity index (χ4n) is 3.26. The molecule has 1 aliphatic heterocycles. The second-order valence-electron chi connectivity index (χ2n) is 8.15. The van der Waals surface area contributed by atoms with Crippen molar-refractivity contribution >= 4 is 25.8 Å². The van der Waals surface area contributed by atoms with E-state index in [1.807, 2.05) is 4.57 Å². The predicted octanol–water partition coefficient (Wildman–Crippen LogP) is 4.12. The quantitative estimate of drug-likeness (QED) is 0.409. The fraction of sp³-hybridized carbons (Fsp3) is 0.556. The number of aromatic nitrogens is 4. The van der Waals surface area contributed by atoms with Crippen LogP contribution in [0.15, 0.2) is 18.6 Å². The number of likely N-dealkylation sites (tertiary alicyclic amines) is 1. The lowest BCUT2D eigenvalue weighted by Crippen LogP contribution is -2.31. The minimum Gasteiger partial charge on any atom is -0.465 e. The Labute approximate surface area is 170 Å². The molecule has 2 aromatic rings. The van der Waals surface area contributed by atoms with Crippen LogP contribution in [0.5, 0.6) is 0 Å². The lowest BCUT2D eigenvalue weighted by atomic mass is 10.2. The number of carboxylic acid groups (broad SMARTS) is 1. The molecule has 28 heavy (non-hydrogen) atoms. The lowest BCUT2D eigenvalue weighted by Gasteiger charge is -2.23. The Morgan fingerprint density at radius 1 is 1.29 bits per heavy atom. The third-order valence-electron chi connectivity index (χ3n) is 4.82. The predicted molar refractivity (Wildman–Crippen MR) is 109 cm³/mol. The Morgan fingerprint density at radius 2 is 2.00 bits per heavy atom. The molecular formula is C18H26ClN5O3Si. The molecule has 8 nitrogen and oxygen atoms in total. The Balaban J connectivity index is 1.88. The van der Waals surface area contributed by atoms with Gasteiger partial charge in [-0.05, 0) is 30.5 Å². The lowest BCUT2D eigenvalue weighted by molar-refractivity contribution is 0.0815. The topological polar surface area (TPSA) is 93.4 Å². The van der Waals surface area contributed by atoms with E-state index < -0.39 is 14.2 Å². The van der Waals surface area contributed by atoms with Crippen molar-refractivity contribution < 1.29 is 14.6 Å². The SMILES string of the molecule is C[Si](C)(C)CCOCn1c(-c2cnc(Cl)nc2)cnc1C1CCCN1C(=O)O. The minimum atomic E-state index is -1.20. The summed E-state index contributed by atoms with van der Waals surface area (Å²) in [5, 5.41) is 9.70. The molecule has 0 aromatic carbocycles. The molecule has 3 heterocycles. The highest BCUT2D eigenvalue weighted by molar-refractivity contribution is 6.76. The van der Waals surface area contributed by atoms with Gasteiger partial charge in [-0.15, -0.1) is 0 Å².